The lowest BCUT2D eigenvalue weighted by atomic mass is 10.1. The summed E-state index contributed by atoms with van der Waals surface area (Å²) in [7, 11) is 0. The maximum absolute atomic E-state index is 6.56. The topological polar surface area (TPSA) is 56.7 Å². The Bertz CT molecular complexity index is 3030. The number of fused-ring (bicyclic) bond motifs is 10. The Morgan fingerprint density at radius 1 is 0.431 bits per heavy atom. The summed E-state index contributed by atoms with van der Waals surface area (Å²) < 4.78 is 11.4. The summed E-state index contributed by atoms with van der Waals surface area (Å²) in [5, 5.41) is 7.22. The molecule has 4 aromatic heterocycles. The van der Waals surface area contributed by atoms with Crippen LogP contribution >= 0.6 is 11.3 Å². The van der Waals surface area contributed by atoms with Crippen LogP contribution in [-0.4, -0.2) is 19.5 Å². The molecule has 238 valence electrons. The van der Waals surface area contributed by atoms with Gasteiger partial charge in [-0.2, -0.15) is 0 Å². The van der Waals surface area contributed by atoms with Crippen LogP contribution in [0, 0.1) is 0 Å². The summed E-state index contributed by atoms with van der Waals surface area (Å²) in [5.74, 6) is 1.88. The third-order valence-electron chi connectivity index (χ3n) is 9.85. The molecule has 6 heteroatoms. The van der Waals surface area contributed by atoms with E-state index < -0.39 is 0 Å². The molecule has 5 nitrogen and oxygen atoms in total. The first-order valence-corrected chi connectivity index (χ1v) is 17.8. The van der Waals surface area contributed by atoms with E-state index in [2.05, 4.69) is 102 Å². The summed E-state index contributed by atoms with van der Waals surface area (Å²) in [6, 6.07) is 54.9. The molecule has 0 atom stereocenters. The highest BCUT2D eigenvalue weighted by Gasteiger charge is 2.19. The monoisotopic (exact) mass is 670 g/mol. The molecule has 11 rings (SSSR count). The van der Waals surface area contributed by atoms with Gasteiger partial charge >= 0.3 is 0 Å². The van der Waals surface area contributed by atoms with Crippen molar-refractivity contribution in [2.45, 2.75) is 0 Å². The third-order valence-corrected chi connectivity index (χ3v) is 11.1. The molecule has 0 aliphatic carbocycles. The number of aromatic nitrogens is 4. The van der Waals surface area contributed by atoms with Crippen LogP contribution < -0.4 is 0 Å². The standard InChI is InChI=1S/C45H26N4OS/c1-3-11-27(12-4-1)43-46-44(28-13-5-2-6-14-28)48-45(47-43)29-19-21-34-39(25-29)50-38-23-22-33-35-26-30(20-24-40(35)51-42(33)41(34)38)49-36-17-9-7-15-31(36)32-16-8-10-18-37(32)49/h1-26H. The third kappa shape index (κ3) is 4.37. The van der Waals surface area contributed by atoms with Gasteiger partial charge in [-0.25, -0.2) is 15.0 Å². The van der Waals surface area contributed by atoms with Gasteiger partial charge in [0.2, 0.25) is 0 Å². The first-order valence-electron chi connectivity index (χ1n) is 16.9. The quantitative estimate of drug-likeness (QED) is 0.187. The molecule has 51 heavy (non-hydrogen) atoms. The first-order chi connectivity index (χ1) is 25.3. The SMILES string of the molecule is c1ccc(-c2nc(-c3ccccc3)nc(-c3ccc4c(c3)oc3ccc5c6cc(-n7c8ccccc8c8ccccc87)ccc6sc5c34)n2)cc1. The molecule has 0 radical (unpaired) electrons. The van der Waals surface area contributed by atoms with Crippen molar-refractivity contribution in [3.63, 3.8) is 0 Å². The van der Waals surface area contributed by atoms with Crippen molar-refractivity contribution in [2.24, 2.45) is 0 Å². The van der Waals surface area contributed by atoms with Gasteiger partial charge in [-0.1, -0.05) is 103 Å². The van der Waals surface area contributed by atoms with E-state index in [1.165, 1.54) is 42.0 Å². The Morgan fingerprint density at radius 3 is 1.69 bits per heavy atom. The second-order valence-corrected chi connectivity index (χ2v) is 13.9. The van der Waals surface area contributed by atoms with Crippen molar-refractivity contribution < 1.29 is 4.42 Å². The van der Waals surface area contributed by atoms with Crippen molar-refractivity contribution in [2.75, 3.05) is 0 Å². The second-order valence-electron chi connectivity index (χ2n) is 12.8. The summed E-state index contributed by atoms with van der Waals surface area (Å²) in [6.45, 7) is 0. The number of hydrogen-bond acceptors (Lipinski definition) is 5. The number of benzene rings is 7. The van der Waals surface area contributed by atoms with Crippen LogP contribution in [0.2, 0.25) is 0 Å². The van der Waals surface area contributed by atoms with E-state index in [0.717, 1.165) is 44.3 Å². The largest absolute Gasteiger partial charge is 0.456 e. The van der Waals surface area contributed by atoms with Crippen LogP contribution in [-0.2, 0) is 0 Å². The van der Waals surface area contributed by atoms with E-state index in [0.29, 0.717) is 17.5 Å². The summed E-state index contributed by atoms with van der Waals surface area (Å²) >= 11 is 1.82. The van der Waals surface area contributed by atoms with Gasteiger partial charge in [0.05, 0.1) is 11.0 Å². The number of furan rings is 1. The Hall–Kier alpha value is -6.63. The fraction of sp³-hybridized carbons (Fsp3) is 0. The van der Waals surface area contributed by atoms with E-state index in [4.69, 9.17) is 19.4 Å². The number of hydrogen-bond donors (Lipinski definition) is 0. The number of rotatable bonds is 4. The molecule has 0 spiro atoms. The highest BCUT2D eigenvalue weighted by atomic mass is 32.1. The molecule has 0 unspecified atom stereocenters. The van der Waals surface area contributed by atoms with E-state index in [-0.39, 0.29) is 0 Å². The first kappa shape index (κ1) is 28.2. The minimum Gasteiger partial charge on any atom is -0.456 e. The molecule has 4 heterocycles. The molecule has 0 saturated heterocycles. The Labute approximate surface area is 295 Å². The van der Waals surface area contributed by atoms with Crippen LogP contribution in [0.15, 0.2) is 162 Å². The van der Waals surface area contributed by atoms with E-state index in [9.17, 15) is 0 Å². The maximum atomic E-state index is 6.56. The summed E-state index contributed by atoms with van der Waals surface area (Å²) in [5.41, 5.74) is 8.01. The van der Waals surface area contributed by atoms with Gasteiger partial charge in [-0.15, -0.1) is 11.3 Å². The normalized spacial score (nSPS) is 11.9. The Kier molecular flexibility index (Phi) is 6.05. The number of para-hydroxylation sites is 2. The van der Waals surface area contributed by atoms with Crippen LogP contribution in [0.25, 0.3) is 104 Å². The predicted molar refractivity (Wildman–Crippen MR) is 211 cm³/mol. The second kappa shape index (κ2) is 10.9. The molecule has 7 aromatic carbocycles. The van der Waals surface area contributed by atoms with Crippen molar-refractivity contribution >= 4 is 75.3 Å². The minimum atomic E-state index is 0.606. The van der Waals surface area contributed by atoms with Crippen LogP contribution in [0.1, 0.15) is 0 Å². The molecule has 0 N–H and O–H groups in total. The van der Waals surface area contributed by atoms with Crippen LogP contribution in [0.4, 0.5) is 0 Å². The lowest BCUT2D eigenvalue weighted by Crippen LogP contribution is -2.00. The van der Waals surface area contributed by atoms with Crippen molar-refractivity contribution in [1.29, 1.82) is 0 Å². The lowest BCUT2D eigenvalue weighted by Gasteiger charge is -2.08. The molecule has 0 bridgehead atoms. The fourth-order valence-electron chi connectivity index (χ4n) is 7.50. The zero-order valence-electron chi connectivity index (χ0n) is 27.1. The molecule has 11 aromatic rings. The number of thiophene rings is 1. The predicted octanol–water partition coefficient (Wildman–Crippen LogP) is 12.2. The average molecular weight is 671 g/mol. The Morgan fingerprint density at radius 2 is 1.02 bits per heavy atom. The van der Waals surface area contributed by atoms with Gasteiger partial charge in [0, 0.05) is 64.1 Å². The van der Waals surface area contributed by atoms with Crippen molar-refractivity contribution in [1.82, 2.24) is 19.5 Å². The summed E-state index contributed by atoms with van der Waals surface area (Å²) in [6.07, 6.45) is 0. The highest BCUT2D eigenvalue weighted by molar-refractivity contribution is 7.26. The van der Waals surface area contributed by atoms with E-state index in [1.807, 2.05) is 72.0 Å². The lowest BCUT2D eigenvalue weighted by molar-refractivity contribution is 0.669. The molecular weight excluding hydrogens is 645 g/mol. The van der Waals surface area contributed by atoms with Gasteiger partial charge in [0.1, 0.15) is 11.2 Å². The molecular formula is C45H26N4OS. The van der Waals surface area contributed by atoms with Gasteiger partial charge in [0.15, 0.2) is 17.5 Å². The van der Waals surface area contributed by atoms with Gasteiger partial charge in [-0.3, -0.25) is 0 Å². The Balaban J connectivity index is 1.07. The molecule has 0 saturated carbocycles. The van der Waals surface area contributed by atoms with Crippen LogP contribution in [0.5, 0.6) is 0 Å². The van der Waals surface area contributed by atoms with Crippen molar-refractivity contribution in [3.05, 3.63) is 158 Å². The molecule has 0 fully saturated rings. The molecule has 0 amide bonds. The smallest absolute Gasteiger partial charge is 0.164 e. The van der Waals surface area contributed by atoms with Gasteiger partial charge in [-0.05, 0) is 54.6 Å². The molecule has 0 aliphatic heterocycles. The zero-order chi connectivity index (χ0) is 33.5. The maximum Gasteiger partial charge on any atom is 0.164 e. The fourth-order valence-corrected chi connectivity index (χ4v) is 8.73. The number of nitrogens with zero attached hydrogens (tertiary/aromatic N) is 4. The summed E-state index contributed by atoms with van der Waals surface area (Å²) in [4.78, 5) is 14.7. The van der Waals surface area contributed by atoms with E-state index >= 15 is 0 Å². The molecule has 0 aliphatic rings. The van der Waals surface area contributed by atoms with Gasteiger partial charge in [0.25, 0.3) is 0 Å². The minimum absolute atomic E-state index is 0.606. The van der Waals surface area contributed by atoms with Crippen LogP contribution in [0.3, 0.4) is 0 Å². The van der Waals surface area contributed by atoms with Crippen molar-refractivity contribution in [3.8, 4) is 39.9 Å². The average Bonchev–Trinajstić information content (AvgIpc) is 3.87. The highest BCUT2D eigenvalue weighted by Crippen LogP contribution is 2.44. The van der Waals surface area contributed by atoms with Gasteiger partial charge < -0.3 is 8.98 Å². The van der Waals surface area contributed by atoms with E-state index in [1.54, 1.807) is 0 Å². The zero-order valence-corrected chi connectivity index (χ0v) is 27.9.